The van der Waals surface area contributed by atoms with Crippen LogP contribution in [-0.4, -0.2) is 24.3 Å². The summed E-state index contributed by atoms with van der Waals surface area (Å²) in [4.78, 5) is 0. The summed E-state index contributed by atoms with van der Waals surface area (Å²) >= 11 is 0. The summed E-state index contributed by atoms with van der Waals surface area (Å²) in [5.74, 6) is 0.770. The molecule has 1 unspecified atom stereocenters. The molecule has 19 heavy (non-hydrogen) atoms. The van der Waals surface area contributed by atoms with Gasteiger partial charge in [0.15, 0.2) is 0 Å². The predicted molar refractivity (Wildman–Crippen MR) is 79.8 cm³/mol. The van der Waals surface area contributed by atoms with E-state index in [0.717, 1.165) is 17.9 Å². The molecule has 1 aromatic rings. The topological polar surface area (TPSA) is 41.5 Å². The van der Waals surface area contributed by atoms with E-state index in [0.29, 0.717) is 6.42 Å². The first-order valence-corrected chi connectivity index (χ1v) is 6.83. The molecule has 1 atom stereocenters. The Bertz CT molecular complexity index is 421. The van der Waals surface area contributed by atoms with Crippen LogP contribution in [0.3, 0.4) is 0 Å². The van der Waals surface area contributed by atoms with Gasteiger partial charge in [-0.05, 0) is 70.8 Å². The smallest absolute Gasteiger partial charge is 0.124 e. The minimum Gasteiger partial charge on any atom is -0.496 e. The van der Waals surface area contributed by atoms with E-state index >= 15 is 0 Å². The molecule has 1 aromatic carbocycles. The van der Waals surface area contributed by atoms with Gasteiger partial charge >= 0.3 is 0 Å². The number of aliphatic hydroxyl groups excluding tert-OH is 1. The minimum absolute atomic E-state index is 0.0764. The van der Waals surface area contributed by atoms with Crippen molar-refractivity contribution in [2.45, 2.75) is 52.7 Å². The maximum atomic E-state index is 10.3. The summed E-state index contributed by atoms with van der Waals surface area (Å²) < 4.78 is 5.37. The van der Waals surface area contributed by atoms with Crippen molar-refractivity contribution in [1.82, 2.24) is 5.32 Å². The van der Waals surface area contributed by atoms with Crippen LogP contribution in [0, 0.1) is 13.8 Å². The molecule has 0 bridgehead atoms. The van der Waals surface area contributed by atoms with Crippen LogP contribution in [0.15, 0.2) is 12.1 Å². The van der Waals surface area contributed by atoms with E-state index < -0.39 is 6.10 Å². The summed E-state index contributed by atoms with van der Waals surface area (Å²) in [5, 5.41) is 13.7. The third-order valence-corrected chi connectivity index (χ3v) is 3.28. The van der Waals surface area contributed by atoms with Crippen LogP contribution >= 0.6 is 0 Å². The predicted octanol–water partition coefficient (Wildman–Crippen LogP) is 3.12. The molecule has 0 saturated heterocycles. The lowest BCUT2D eigenvalue weighted by Crippen LogP contribution is -2.36. The summed E-state index contributed by atoms with van der Waals surface area (Å²) in [7, 11) is 1.65. The molecule has 1 rings (SSSR count). The molecule has 108 valence electrons. The molecule has 2 N–H and O–H groups in total. The second kappa shape index (κ2) is 6.40. The van der Waals surface area contributed by atoms with Crippen LogP contribution in [0.5, 0.6) is 5.75 Å². The van der Waals surface area contributed by atoms with E-state index in [2.05, 4.69) is 39.9 Å². The third-order valence-electron chi connectivity index (χ3n) is 3.28. The van der Waals surface area contributed by atoms with Crippen molar-refractivity contribution < 1.29 is 9.84 Å². The second-order valence-electron chi connectivity index (χ2n) is 6.16. The average molecular weight is 265 g/mol. The molecule has 3 nitrogen and oxygen atoms in total. The molecule has 0 aliphatic rings. The zero-order valence-electron chi connectivity index (χ0n) is 13.0. The number of ether oxygens (including phenoxy) is 1. The largest absolute Gasteiger partial charge is 0.496 e. The van der Waals surface area contributed by atoms with E-state index in [1.807, 2.05) is 12.1 Å². The highest BCUT2D eigenvalue weighted by Gasteiger charge is 2.16. The van der Waals surface area contributed by atoms with Crippen molar-refractivity contribution in [3.8, 4) is 5.75 Å². The molecular weight excluding hydrogens is 238 g/mol. The normalized spacial score (nSPS) is 13.4. The number of hydrogen-bond acceptors (Lipinski definition) is 3. The molecule has 0 fully saturated rings. The van der Waals surface area contributed by atoms with Crippen LogP contribution in [-0.2, 0) is 0 Å². The molecule has 0 heterocycles. The van der Waals surface area contributed by atoms with Crippen LogP contribution in [0.25, 0.3) is 0 Å². The van der Waals surface area contributed by atoms with E-state index in [4.69, 9.17) is 4.74 Å². The standard InChI is InChI=1S/C16H27NO2/c1-11-9-13(15(19-6)10-12(11)2)14(18)7-8-17-16(3,4)5/h9-10,14,17-18H,7-8H2,1-6H3. The van der Waals surface area contributed by atoms with Crippen LogP contribution in [0.4, 0.5) is 0 Å². The van der Waals surface area contributed by atoms with Gasteiger partial charge in [0.1, 0.15) is 5.75 Å². The lowest BCUT2D eigenvalue weighted by Gasteiger charge is -2.22. The zero-order valence-corrected chi connectivity index (χ0v) is 13.0. The number of rotatable bonds is 5. The Kier molecular flexibility index (Phi) is 5.39. The fourth-order valence-corrected chi connectivity index (χ4v) is 1.99. The first-order chi connectivity index (χ1) is 8.74. The first-order valence-electron chi connectivity index (χ1n) is 6.83. The highest BCUT2D eigenvalue weighted by atomic mass is 16.5. The van der Waals surface area contributed by atoms with Gasteiger partial charge in [-0.2, -0.15) is 0 Å². The SMILES string of the molecule is COc1cc(C)c(C)cc1C(O)CCNC(C)(C)C. The number of aliphatic hydroxyl groups is 1. The fraction of sp³-hybridized carbons (Fsp3) is 0.625. The van der Waals surface area contributed by atoms with E-state index in [1.165, 1.54) is 11.1 Å². The highest BCUT2D eigenvalue weighted by Crippen LogP contribution is 2.30. The lowest BCUT2D eigenvalue weighted by molar-refractivity contribution is 0.159. The highest BCUT2D eigenvalue weighted by molar-refractivity contribution is 5.42. The van der Waals surface area contributed by atoms with E-state index in [-0.39, 0.29) is 5.54 Å². The third kappa shape index (κ3) is 4.84. The van der Waals surface area contributed by atoms with Gasteiger partial charge in [-0.15, -0.1) is 0 Å². The maximum absolute atomic E-state index is 10.3. The van der Waals surface area contributed by atoms with Gasteiger partial charge in [0, 0.05) is 11.1 Å². The molecule has 0 aliphatic carbocycles. The molecule has 0 aliphatic heterocycles. The Labute approximate surface area is 117 Å². The zero-order chi connectivity index (χ0) is 14.6. The Morgan fingerprint density at radius 2 is 1.79 bits per heavy atom. The Hall–Kier alpha value is -1.06. The summed E-state index contributed by atoms with van der Waals surface area (Å²) in [6, 6.07) is 4.01. The minimum atomic E-state index is -0.496. The lowest BCUT2D eigenvalue weighted by atomic mass is 9.99. The number of nitrogens with one attached hydrogen (secondary N) is 1. The Balaban J connectivity index is 2.76. The van der Waals surface area contributed by atoms with Gasteiger partial charge in [-0.1, -0.05) is 0 Å². The Morgan fingerprint density at radius 3 is 2.32 bits per heavy atom. The van der Waals surface area contributed by atoms with Crippen molar-refractivity contribution in [1.29, 1.82) is 0 Å². The number of aryl methyl sites for hydroxylation is 2. The fourth-order valence-electron chi connectivity index (χ4n) is 1.99. The van der Waals surface area contributed by atoms with Crippen molar-refractivity contribution in [3.63, 3.8) is 0 Å². The second-order valence-corrected chi connectivity index (χ2v) is 6.16. The van der Waals surface area contributed by atoms with Gasteiger partial charge in [0.05, 0.1) is 13.2 Å². The number of methoxy groups -OCH3 is 1. The molecule has 0 spiro atoms. The summed E-state index contributed by atoms with van der Waals surface area (Å²) in [6.45, 7) is 11.2. The molecule has 3 heteroatoms. The van der Waals surface area contributed by atoms with E-state index in [9.17, 15) is 5.11 Å². The summed E-state index contributed by atoms with van der Waals surface area (Å²) in [5.41, 5.74) is 3.31. The number of benzene rings is 1. The van der Waals surface area contributed by atoms with Gasteiger partial charge < -0.3 is 15.2 Å². The van der Waals surface area contributed by atoms with E-state index in [1.54, 1.807) is 7.11 Å². The van der Waals surface area contributed by atoms with Gasteiger partial charge in [-0.3, -0.25) is 0 Å². The van der Waals surface area contributed by atoms with Crippen molar-refractivity contribution >= 4 is 0 Å². The number of hydrogen-bond donors (Lipinski definition) is 2. The molecule has 0 amide bonds. The molecule has 0 saturated carbocycles. The first kappa shape index (κ1) is 16.0. The van der Waals surface area contributed by atoms with Crippen LogP contribution in [0.1, 0.15) is 50.0 Å². The van der Waals surface area contributed by atoms with Crippen LogP contribution in [0.2, 0.25) is 0 Å². The average Bonchev–Trinajstić information content (AvgIpc) is 2.30. The maximum Gasteiger partial charge on any atom is 0.124 e. The quantitative estimate of drug-likeness (QED) is 0.859. The van der Waals surface area contributed by atoms with Crippen molar-refractivity contribution in [2.75, 3.05) is 13.7 Å². The van der Waals surface area contributed by atoms with Gasteiger partial charge in [-0.25, -0.2) is 0 Å². The van der Waals surface area contributed by atoms with Crippen molar-refractivity contribution in [2.24, 2.45) is 0 Å². The molecular formula is C16H27NO2. The monoisotopic (exact) mass is 265 g/mol. The van der Waals surface area contributed by atoms with Gasteiger partial charge in [0.25, 0.3) is 0 Å². The molecule has 0 aromatic heterocycles. The summed E-state index contributed by atoms with van der Waals surface area (Å²) in [6.07, 6.45) is 0.181. The van der Waals surface area contributed by atoms with Gasteiger partial charge in [0.2, 0.25) is 0 Å². The van der Waals surface area contributed by atoms with Crippen molar-refractivity contribution in [3.05, 3.63) is 28.8 Å². The Morgan fingerprint density at radius 1 is 1.21 bits per heavy atom. The molecule has 0 radical (unpaired) electrons. The van der Waals surface area contributed by atoms with Crippen LogP contribution < -0.4 is 10.1 Å².